The molecule has 0 aromatic carbocycles. The summed E-state index contributed by atoms with van der Waals surface area (Å²) in [6.07, 6.45) is 3.76. The van der Waals surface area contributed by atoms with E-state index in [1.807, 2.05) is 24.1 Å². The number of nitrogens with zero attached hydrogens (tertiary/aromatic N) is 4. The van der Waals surface area contributed by atoms with Crippen LogP contribution in [0.4, 0.5) is 0 Å². The first-order valence-electron chi connectivity index (χ1n) is 7.93. The van der Waals surface area contributed by atoms with Gasteiger partial charge in [0.05, 0.1) is 28.5 Å². The van der Waals surface area contributed by atoms with Crippen molar-refractivity contribution in [1.82, 2.24) is 19.7 Å². The molecular weight excluding hydrogens is 332 g/mol. The largest absolute Gasteiger partial charge is 0.340 e. The molecule has 5 nitrogen and oxygen atoms in total. The van der Waals surface area contributed by atoms with E-state index in [-0.39, 0.29) is 5.91 Å². The number of carbonyl (C=O) groups excluding carboxylic acids is 1. The molecule has 0 N–H and O–H groups in total. The minimum atomic E-state index is 0.167. The van der Waals surface area contributed by atoms with Crippen molar-refractivity contribution in [3.8, 4) is 5.13 Å². The zero-order valence-corrected chi connectivity index (χ0v) is 15.2. The highest BCUT2D eigenvalue weighted by molar-refractivity contribution is 7.12. The van der Waals surface area contributed by atoms with Crippen molar-refractivity contribution >= 4 is 28.8 Å². The maximum absolute atomic E-state index is 12.5. The second-order valence-corrected chi connectivity index (χ2v) is 7.34. The summed E-state index contributed by atoms with van der Waals surface area (Å²) in [5.41, 5.74) is 2.47. The Morgan fingerprint density at radius 3 is 2.87 bits per heavy atom. The fourth-order valence-corrected chi connectivity index (χ4v) is 3.95. The summed E-state index contributed by atoms with van der Waals surface area (Å²) >= 11 is 7.68. The normalized spacial score (nSPS) is 18.4. The van der Waals surface area contributed by atoms with Crippen LogP contribution in [0.2, 0.25) is 5.02 Å². The molecule has 3 heterocycles. The Balaban J connectivity index is 1.74. The van der Waals surface area contributed by atoms with Gasteiger partial charge in [0.15, 0.2) is 0 Å². The SMILES string of the molecule is Cc1nn(-c2nc(CC(=O)N3CCCC[C@H]3C)cs2)c(C)c1Cl. The van der Waals surface area contributed by atoms with Crippen LogP contribution in [0.5, 0.6) is 0 Å². The standard InChI is InChI=1S/C16H21ClN4OS/c1-10-6-4-5-7-20(10)14(22)8-13-9-23-16(18-13)21-12(3)15(17)11(2)19-21/h9-10H,4-8H2,1-3H3/t10-/m1/s1. The lowest BCUT2D eigenvalue weighted by Crippen LogP contribution is -2.42. The van der Waals surface area contributed by atoms with Crippen LogP contribution in [0, 0.1) is 13.8 Å². The molecule has 0 aliphatic carbocycles. The Morgan fingerprint density at radius 2 is 2.22 bits per heavy atom. The fourth-order valence-electron chi connectivity index (χ4n) is 3.01. The Morgan fingerprint density at radius 1 is 1.43 bits per heavy atom. The predicted octanol–water partition coefficient (Wildman–Crippen LogP) is 3.54. The van der Waals surface area contributed by atoms with Gasteiger partial charge in [-0.1, -0.05) is 11.6 Å². The van der Waals surface area contributed by atoms with E-state index in [0.29, 0.717) is 17.5 Å². The van der Waals surface area contributed by atoms with Crippen molar-refractivity contribution < 1.29 is 4.79 Å². The van der Waals surface area contributed by atoms with E-state index >= 15 is 0 Å². The van der Waals surface area contributed by atoms with E-state index in [9.17, 15) is 4.79 Å². The zero-order chi connectivity index (χ0) is 16.6. The smallest absolute Gasteiger partial charge is 0.228 e. The number of piperidine rings is 1. The summed E-state index contributed by atoms with van der Waals surface area (Å²) in [5.74, 6) is 0.167. The molecule has 7 heteroatoms. The molecule has 0 spiro atoms. The van der Waals surface area contributed by atoms with Gasteiger partial charge in [-0.2, -0.15) is 5.10 Å². The number of aromatic nitrogens is 3. The molecule has 0 radical (unpaired) electrons. The molecule has 124 valence electrons. The van der Waals surface area contributed by atoms with Crippen molar-refractivity contribution in [2.75, 3.05) is 6.54 Å². The fraction of sp³-hybridized carbons (Fsp3) is 0.562. The number of halogens is 1. The average molecular weight is 353 g/mol. The average Bonchev–Trinajstić information content (AvgIpc) is 3.08. The van der Waals surface area contributed by atoms with Gasteiger partial charge in [0.25, 0.3) is 0 Å². The Bertz CT molecular complexity index is 724. The first-order valence-corrected chi connectivity index (χ1v) is 9.19. The van der Waals surface area contributed by atoms with Crippen LogP contribution < -0.4 is 0 Å². The summed E-state index contributed by atoms with van der Waals surface area (Å²) in [5, 5.41) is 7.77. The number of hydrogen-bond acceptors (Lipinski definition) is 4. The van der Waals surface area contributed by atoms with E-state index in [1.54, 1.807) is 4.68 Å². The first-order chi connectivity index (χ1) is 11.0. The van der Waals surface area contributed by atoms with Crippen molar-refractivity contribution in [3.05, 3.63) is 27.5 Å². The second-order valence-electron chi connectivity index (χ2n) is 6.13. The lowest BCUT2D eigenvalue weighted by atomic mass is 10.0. The maximum atomic E-state index is 12.5. The van der Waals surface area contributed by atoms with Crippen LogP contribution in [-0.2, 0) is 11.2 Å². The molecule has 0 saturated carbocycles. The summed E-state index contributed by atoms with van der Waals surface area (Å²) < 4.78 is 1.75. The molecule has 2 aromatic heterocycles. The molecule has 23 heavy (non-hydrogen) atoms. The van der Waals surface area contributed by atoms with Crippen molar-refractivity contribution in [2.24, 2.45) is 0 Å². The first kappa shape index (κ1) is 16.5. The quantitative estimate of drug-likeness (QED) is 0.848. The maximum Gasteiger partial charge on any atom is 0.228 e. The van der Waals surface area contributed by atoms with Gasteiger partial charge >= 0.3 is 0 Å². The molecule has 3 rings (SSSR count). The van der Waals surface area contributed by atoms with Crippen molar-refractivity contribution in [2.45, 2.75) is 52.5 Å². The molecule has 1 atom stereocenters. The Hall–Kier alpha value is -1.40. The van der Waals surface area contributed by atoms with E-state index in [0.717, 1.165) is 41.6 Å². The van der Waals surface area contributed by atoms with E-state index in [4.69, 9.17) is 11.6 Å². The third-order valence-electron chi connectivity index (χ3n) is 4.38. The highest BCUT2D eigenvalue weighted by Gasteiger charge is 2.24. The number of aryl methyl sites for hydroxylation is 1. The minimum Gasteiger partial charge on any atom is -0.340 e. The van der Waals surface area contributed by atoms with Crippen LogP contribution >= 0.6 is 22.9 Å². The van der Waals surface area contributed by atoms with E-state index < -0.39 is 0 Å². The predicted molar refractivity (Wildman–Crippen MR) is 92.5 cm³/mol. The van der Waals surface area contributed by atoms with Gasteiger partial charge in [0.2, 0.25) is 11.0 Å². The number of hydrogen-bond donors (Lipinski definition) is 0. The van der Waals surface area contributed by atoms with Crippen LogP contribution in [-0.4, -0.2) is 38.2 Å². The van der Waals surface area contributed by atoms with Crippen molar-refractivity contribution in [3.63, 3.8) is 0 Å². The van der Waals surface area contributed by atoms with Crippen molar-refractivity contribution in [1.29, 1.82) is 0 Å². The number of amides is 1. The van der Waals surface area contributed by atoms with Gasteiger partial charge in [0, 0.05) is 18.0 Å². The zero-order valence-electron chi connectivity index (χ0n) is 13.7. The van der Waals surface area contributed by atoms with E-state index in [1.165, 1.54) is 17.8 Å². The van der Waals surface area contributed by atoms with Gasteiger partial charge in [-0.25, -0.2) is 9.67 Å². The van der Waals surface area contributed by atoms with Crippen LogP contribution in [0.15, 0.2) is 5.38 Å². The summed E-state index contributed by atoms with van der Waals surface area (Å²) in [6.45, 7) is 6.79. The molecule has 1 amide bonds. The Labute approximate surface area is 145 Å². The van der Waals surface area contributed by atoms with Gasteiger partial charge in [-0.3, -0.25) is 4.79 Å². The topological polar surface area (TPSA) is 51.0 Å². The second kappa shape index (κ2) is 6.61. The summed E-state index contributed by atoms with van der Waals surface area (Å²) in [6, 6.07) is 0.337. The van der Waals surface area contributed by atoms with Crippen LogP contribution in [0.25, 0.3) is 5.13 Å². The van der Waals surface area contributed by atoms with Crippen LogP contribution in [0.3, 0.4) is 0 Å². The highest BCUT2D eigenvalue weighted by atomic mass is 35.5. The molecular formula is C16H21ClN4OS. The molecule has 1 fully saturated rings. The molecule has 0 unspecified atom stereocenters. The summed E-state index contributed by atoms with van der Waals surface area (Å²) in [4.78, 5) is 19.1. The number of likely N-dealkylation sites (tertiary alicyclic amines) is 1. The highest BCUT2D eigenvalue weighted by Crippen LogP contribution is 2.25. The molecule has 0 bridgehead atoms. The van der Waals surface area contributed by atoms with Crippen LogP contribution in [0.1, 0.15) is 43.3 Å². The minimum absolute atomic E-state index is 0.167. The van der Waals surface area contributed by atoms with Gasteiger partial charge in [0.1, 0.15) is 0 Å². The third-order valence-corrected chi connectivity index (χ3v) is 5.79. The monoisotopic (exact) mass is 352 g/mol. The Kier molecular flexibility index (Phi) is 4.73. The van der Waals surface area contributed by atoms with Gasteiger partial charge < -0.3 is 4.90 Å². The lowest BCUT2D eigenvalue weighted by Gasteiger charge is -2.33. The van der Waals surface area contributed by atoms with Gasteiger partial charge in [-0.05, 0) is 40.0 Å². The number of rotatable bonds is 3. The molecule has 1 aliphatic rings. The van der Waals surface area contributed by atoms with Gasteiger partial charge in [-0.15, -0.1) is 11.3 Å². The molecule has 1 saturated heterocycles. The molecule has 2 aromatic rings. The number of carbonyl (C=O) groups is 1. The van der Waals surface area contributed by atoms with E-state index in [2.05, 4.69) is 17.0 Å². The summed E-state index contributed by atoms with van der Waals surface area (Å²) in [7, 11) is 0. The lowest BCUT2D eigenvalue weighted by molar-refractivity contribution is -0.133. The third kappa shape index (κ3) is 3.28. The number of thiazole rings is 1. The molecule has 1 aliphatic heterocycles.